The minimum atomic E-state index is -0.934. The Balaban J connectivity index is 1.28. The molecular formula is C24H26FN3O3. The van der Waals surface area contributed by atoms with Crippen molar-refractivity contribution >= 4 is 17.7 Å². The van der Waals surface area contributed by atoms with Gasteiger partial charge in [0, 0.05) is 43.6 Å². The summed E-state index contributed by atoms with van der Waals surface area (Å²) in [5, 5.41) is 12.7. The lowest BCUT2D eigenvalue weighted by molar-refractivity contribution is -0.137. The van der Waals surface area contributed by atoms with E-state index >= 15 is 0 Å². The first-order chi connectivity index (χ1) is 15.0. The molecule has 1 aliphatic carbocycles. The molecule has 1 fully saturated rings. The normalized spacial score (nSPS) is 23.6. The van der Waals surface area contributed by atoms with Crippen LogP contribution >= 0.6 is 0 Å². The van der Waals surface area contributed by atoms with Crippen LogP contribution in [0.15, 0.2) is 30.3 Å². The third-order valence-electron chi connectivity index (χ3n) is 7.03. The second-order valence-corrected chi connectivity index (χ2v) is 8.86. The predicted octanol–water partition coefficient (Wildman–Crippen LogP) is 3.33. The van der Waals surface area contributed by atoms with Gasteiger partial charge in [-0.25, -0.2) is 9.37 Å². The number of amides is 1. The average molecular weight is 423 g/mol. The van der Waals surface area contributed by atoms with Crippen LogP contribution < -0.4 is 5.32 Å². The summed E-state index contributed by atoms with van der Waals surface area (Å²) in [6, 6.07) is 9.05. The summed E-state index contributed by atoms with van der Waals surface area (Å²) in [4.78, 5) is 30.9. The van der Waals surface area contributed by atoms with Crippen molar-refractivity contribution in [2.24, 2.45) is 5.92 Å². The van der Waals surface area contributed by atoms with Crippen molar-refractivity contribution in [3.8, 4) is 0 Å². The Morgan fingerprint density at radius 2 is 2.10 bits per heavy atom. The standard InChI is InChI=1S/C24H26FN3O3/c25-20-5-1-4-16-18-12-28(13-19(18)17(23(16)20)11-22(30)31)21(29)9-8-15-7-6-14-3-2-10-26-24(14)27-15/h1,4-7,17-19H,2-3,8-13H2,(H,26,27)(H,30,31)/t17-,18?,19?/m1/s1. The molecule has 2 aliphatic heterocycles. The van der Waals surface area contributed by atoms with E-state index in [-0.39, 0.29) is 35.9 Å². The number of anilines is 1. The molecule has 1 amide bonds. The van der Waals surface area contributed by atoms with Crippen molar-refractivity contribution < 1.29 is 19.1 Å². The molecule has 5 rings (SSSR count). The van der Waals surface area contributed by atoms with Gasteiger partial charge >= 0.3 is 5.97 Å². The number of aryl methyl sites for hydroxylation is 2. The zero-order chi connectivity index (χ0) is 21.5. The maximum Gasteiger partial charge on any atom is 0.303 e. The fourth-order valence-corrected chi connectivity index (χ4v) is 5.59. The SMILES string of the molecule is O=C(O)C[C@H]1c2c(F)cccc2C2CN(C(=O)CCc3ccc4c(n3)NCCC4)CC21. The van der Waals surface area contributed by atoms with Crippen LogP contribution in [0.2, 0.25) is 0 Å². The summed E-state index contributed by atoms with van der Waals surface area (Å²) >= 11 is 0. The lowest BCUT2D eigenvalue weighted by Crippen LogP contribution is -2.30. The molecule has 6 nitrogen and oxygen atoms in total. The fraction of sp³-hybridized carbons (Fsp3) is 0.458. The molecule has 1 aromatic carbocycles. The Bertz CT molecular complexity index is 1040. The van der Waals surface area contributed by atoms with E-state index in [1.54, 1.807) is 6.07 Å². The molecule has 2 unspecified atom stereocenters. The Hall–Kier alpha value is -2.96. The first-order valence-electron chi connectivity index (χ1n) is 11.0. The number of fused-ring (bicyclic) bond motifs is 4. The van der Waals surface area contributed by atoms with E-state index in [9.17, 15) is 19.1 Å². The molecule has 162 valence electrons. The molecule has 2 N–H and O–H groups in total. The molecule has 2 aromatic rings. The van der Waals surface area contributed by atoms with Gasteiger partial charge in [-0.2, -0.15) is 0 Å². The molecule has 0 spiro atoms. The largest absolute Gasteiger partial charge is 0.481 e. The van der Waals surface area contributed by atoms with Crippen molar-refractivity contribution in [3.05, 3.63) is 58.5 Å². The second-order valence-electron chi connectivity index (χ2n) is 8.86. The van der Waals surface area contributed by atoms with Gasteiger partial charge in [0.05, 0.1) is 6.42 Å². The van der Waals surface area contributed by atoms with Crippen LogP contribution in [0.1, 0.15) is 53.5 Å². The van der Waals surface area contributed by atoms with Crippen molar-refractivity contribution in [3.63, 3.8) is 0 Å². The highest BCUT2D eigenvalue weighted by Crippen LogP contribution is 2.52. The summed E-state index contributed by atoms with van der Waals surface area (Å²) in [6.07, 6.45) is 2.97. The van der Waals surface area contributed by atoms with Crippen molar-refractivity contribution in [2.45, 2.75) is 43.9 Å². The van der Waals surface area contributed by atoms with Gasteiger partial charge in [0.15, 0.2) is 0 Å². The third kappa shape index (κ3) is 3.66. The predicted molar refractivity (Wildman–Crippen MR) is 114 cm³/mol. The van der Waals surface area contributed by atoms with E-state index in [1.165, 1.54) is 11.6 Å². The second kappa shape index (κ2) is 7.94. The number of pyridine rings is 1. The number of hydrogen-bond acceptors (Lipinski definition) is 4. The van der Waals surface area contributed by atoms with Crippen LogP contribution in [0.5, 0.6) is 0 Å². The van der Waals surface area contributed by atoms with Gasteiger partial charge in [0.2, 0.25) is 5.91 Å². The number of carboxylic acid groups (broad SMARTS) is 1. The van der Waals surface area contributed by atoms with Gasteiger partial charge in [-0.1, -0.05) is 18.2 Å². The molecule has 0 saturated carbocycles. The Morgan fingerprint density at radius 1 is 1.23 bits per heavy atom. The minimum absolute atomic E-state index is 0.00469. The average Bonchev–Trinajstić information content (AvgIpc) is 3.31. The summed E-state index contributed by atoms with van der Waals surface area (Å²) in [6.45, 7) is 1.93. The number of halogens is 1. The number of nitrogens with zero attached hydrogens (tertiary/aromatic N) is 2. The van der Waals surface area contributed by atoms with Gasteiger partial charge in [-0.05, 0) is 54.0 Å². The summed E-state index contributed by atoms with van der Waals surface area (Å²) in [5.41, 5.74) is 3.54. The van der Waals surface area contributed by atoms with Gasteiger partial charge in [-0.15, -0.1) is 0 Å². The van der Waals surface area contributed by atoms with Gasteiger partial charge in [-0.3, -0.25) is 9.59 Å². The number of rotatable bonds is 5. The van der Waals surface area contributed by atoms with Crippen LogP contribution in [0.25, 0.3) is 0 Å². The van der Waals surface area contributed by atoms with Crippen molar-refractivity contribution in [2.75, 3.05) is 25.0 Å². The van der Waals surface area contributed by atoms with E-state index in [0.29, 0.717) is 31.5 Å². The number of aromatic nitrogens is 1. The summed E-state index contributed by atoms with van der Waals surface area (Å²) in [7, 11) is 0. The topological polar surface area (TPSA) is 82.5 Å². The smallest absolute Gasteiger partial charge is 0.303 e. The first-order valence-corrected chi connectivity index (χ1v) is 11.0. The van der Waals surface area contributed by atoms with Crippen LogP contribution in [0, 0.1) is 11.7 Å². The zero-order valence-corrected chi connectivity index (χ0v) is 17.3. The fourth-order valence-electron chi connectivity index (χ4n) is 5.59. The van der Waals surface area contributed by atoms with Crippen LogP contribution in [0.4, 0.5) is 10.2 Å². The van der Waals surface area contributed by atoms with Gasteiger partial charge in [0.25, 0.3) is 0 Å². The molecule has 3 atom stereocenters. The lowest BCUT2D eigenvalue weighted by Gasteiger charge is -2.21. The van der Waals surface area contributed by atoms with E-state index < -0.39 is 5.97 Å². The quantitative estimate of drug-likeness (QED) is 0.771. The Labute approximate surface area is 180 Å². The number of benzene rings is 1. The highest BCUT2D eigenvalue weighted by molar-refractivity contribution is 5.77. The molecular weight excluding hydrogens is 397 g/mol. The van der Waals surface area contributed by atoms with Gasteiger partial charge in [0.1, 0.15) is 11.6 Å². The van der Waals surface area contributed by atoms with Crippen LogP contribution in [0.3, 0.4) is 0 Å². The van der Waals surface area contributed by atoms with Crippen molar-refractivity contribution in [1.29, 1.82) is 0 Å². The number of carbonyl (C=O) groups excluding carboxylic acids is 1. The van der Waals surface area contributed by atoms with Gasteiger partial charge < -0.3 is 15.3 Å². The number of likely N-dealkylation sites (tertiary alicyclic amines) is 1. The molecule has 0 bridgehead atoms. The number of hydrogen-bond donors (Lipinski definition) is 2. The molecule has 3 aliphatic rings. The molecule has 1 aromatic heterocycles. The summed E-state index contributed by atoms with van der Waals surface area (Å²) < 4.78 is 14.5. The number of carbonyl (C=O) groups is 2. The van der Waals surface area contributed by atoms with E-state index in [0.717, 1.165) is 36.5 Å². The molecule has 1 saturated heterocycles. The first kappa shape index (κ1) is 20.0. The van der Waals surface area contributed by atoms with Crippen molar-refractivity contribution in [1.82, 2.24) is 9.88 Å². The number of aliphatic carboxylic acids is 1. The maximum absolute atomic E-state index is 14.5. The lowest BCUT2D eigenvalue weighted by atomic mass is 9.87. The molecule has 7 heteroatoms. The zero-order valence-electron chi connectivity index (χ0n) is 17.3. The highest BCUT2D eigenvalue weighted by atomic mass is 19.1. The Kier molecular flexibility index (Phi) is 5.12. The van der Waals surface area contributed by atoms with Crippen LogP contribution in [-0.2, 0) is 22.4 Å². The molecule has 0 radical (unpaired) electrons. The highest BCUT2D eigenvalue weighted by Gasteiger charge is 2.48. The van der Waals surface area contributed by atoms with E-state index in [1.807, 2.05) is 17.0 Å². The Morgan fingerprint density at radius 3 is 2.94 bits per heavy atom. The molecule has 3 heterocycles. The van der Waals surface area contributed by atoms with E-state index in [4.69, 9.17) is 0 Å². The number of nitrogens with one attached hydrogen (secondary N) is 1. The molecule has 31 heavy (non-hydrogen) atoms. The minimum Gasteiger partial charge on any atom is -0.481 e. The number of carboxylic acids is 1. The third-order valence-corrected chi connectivity index (χ3v) is 7.03. The summed E-state index contributed by atoms with van der Waals surface area (Å²) in [5.74, 6) is -0.705. The van der Waals surface area contributed by atoms with Crippen LogP contribution in [-0.4, -0.2) is 46.5 Å². The monoisotopic (exact) mass is 423 g/mol. The maximum atomic E-state index is 14.5. The van der Waals surface area contributed by atoms with E-state index in [2.05, 4.69) is 16.4 Å².